The van der Waals surface area contributed by atoms with Crippen molar-refractivity contribution in [1.82, 2.24) is 20.6 Å². The number of thiophene rings is 1. The van der Waals surface area contributed by atoms with Gasteiger partial charge in [0.25, 0.3) is 5.91 Å². The molecule has 3 rings (SSSR count). The number of nitrogens with one attached hydrogen (secondary N) is 2. The highest BCUT2D eigenvalue weighted by atomic mass is 32.1. The maximum atomic E-state index is 12.1. The zero-order chi connectivity index (χ0) is 13.9. The van der Waals surface area contributed by atoms with Crippen LogP contribution in [0.5, 0.6) is 0 Å². The number of H-pyrrole nitrogens is 1. The van der Waals surface area contributed by atoms with Gasteiger partial charge in [0.2, 0.25) is 0 Å². The van der Waals surface area contributed by atoms with E-state index in [1.807, 2.05) is 36.6 Å². The maximum absolute atomic E-state index is 12.1. The summed E-state index contributed by atoms with van der Waals surface area (Å²) in [6, 6.07) is 9.34. The molecule has 2 aromatic heterocycles. The van der Waals surface area contributed by atoms with Gasteiger partial charge in [0.1, 0.15) is 0 Å². The van der Waals surface area contributed by atoms with E-state index in [1.165, 1.54) is 11.3 Å². The molecule has 0 radical (unpaired) electrons. The monoisotopic (exact) mass is 285 g/mol. The van der Waals surface area contributed by atoms with Gasteiger partial charge in [-0.05, 0) is 46.5 Å². The van der Waals surface area contributed by atoms with Crippen LogP contribution in [0.3, 0.4) is 0 Å². The van der Waals surface area contributed by atoms with E-state index in [2.05, 4.69) is 25.9 Å². The molecule has 6 nitrogen and oxygen atoms in total. The largest absolute Gasteiger partial charge is 0.321 e. The van der Waals surface area contributed by atoms with Crippen LogP contribution in [0, 0.1) is 6.92 Å². The lowest BCUT2D eigenvalue weighted by Gasteiger charge is -2.09. The number of tetrazole rings is 1. The van der Waals surface area contributed by atoms with Gasteiger partial charge < -0.3 is 5.32 Å². The molecule has 0 atom stereocenters. The van der Waals surface area contributed by atoms with Crippen LogP contribution in [-0.2, 0) is 0 Å². The molecule has 0 aliphatic carbocycles. The third-order valence-electron chi connectivity index (χ3n) is 2.77. The highest BCUT2D eigenvalue weighted by Crippen LogP contribution is 2.26. The fourth-order valence-electron chi connectivity index (χ4n) is 1.83. The summed E-state index contributed by atoms with van der Waals surface area (Å²) < 4.78 is 0. The van der Waals surface area contributed by atoms with Crippen molar-refractivity contribution in [2.24, 2.45) is 0 Å². The second-order valence-electron chi connectivity index (χ2n) is 4.23. The summed E-state index contributed by atoms with van der Waals surface area (Å²) in [7, 11) is 0. The third kappa shape index (κ3) is 2.43. The van der Waals surface area contributed by atoms with Crippen molar-refractivity contribution in [3.05, 3.63) is 46.2 Å². The number of anilines is 1. The average molecular weight is 285 g/mol. The SMILES string of the molecule is Cc1ccc(-c2nnn[nH]2)c(NC(=O)c2cccs2)c1. The van der Waals surface area contributed by atoms with Crippen molar-refractivity contribution in [3.8, 4) is 11.4 Å². The molecule has 0 aliphatic heterocycles. The molecule has 7 heteroatoms. The number of hydrogen-bond donors (Lipinski definition) is 2. The Kier molecular flexibility index (Phi) is 3.26. The number of hydrogen-bond acceptors (Lipinski definition) is 5. The van der Waals surface area contributed by atoms with Gasteiger partial charge in [-0.2, -0.15) is 0 Å². The number of aromatic amines is 1. The van der Waals surface area contributed by atoms with E-state index in [4.69, 9.17) is 0 Å². The standard InChI is InChI=1S/C13H11N5OS/c1-8-4-5-9(12-15-17-18-16-12)10(7-8)14-13(19)11-3-2-6-20-11/h2-7H,1H3,(H,14,19)(H,15,16,17,18). The Morgan fingerprint density at radius 1 is 1.35 bits per heavy atom. The Balaban J connectivity index is 1.96. The number of amides is 1. The normalized spacial score (nSPS) is 10.4. The van der Waals surface area contributed by atoms with Gasteiger partial charge in [-0.1, -0.05) is 12.1 Å². The lowest BCUT2D eigenvalue weighted by molar-refractivity contribution is 0.103. The number of carbonyl (C=O) groups is 1. The summed E-state index contributed by atoms with van der Waals surface area (Å²) in [6.45, 7) is 1.96. The molecule has 2 N–H and O–H groups in total. The number of carbonyl (C=O) groups excluding carboxylic acids is 1. The van der Waals surface area contributed by atoms with E-state index in [0.717, 1.165) is 11.1 Å². The first kappa shape index (κ1) is 12.5. The van der Waals surface area contributed by atoms with Gasteiger partial charge in [-0.3, -0.25) is 4.79 Å². The van der Waals surface area contributed by atoms with Gasteiger partial charge in [-0.25, -0.2) is 5.10 Å². The van der Waals surface area contributed by atoms with Gasteiger partial charge in [0.15, 0.2) is 5.82 Å². The molecule has 0 saturated heterocycles. The van der Waals surface area contributed by atoms with E-state index in [0.29, 0.717) is 16.4 Å². The number of benzene rings is 1. The fraction of sp³-hybridized carbons (Fsp3) is 0.0769. The second kappa shape index (κ2) is 5.22. The number of rotatable bonds is 3. The predicted molar refractivity (Wildman–Crippen MR) is 76.6 cm³/mol. The summed E-state index contributed by atoms with van der Waals surface area (Å²) >= 11 is 1.40. The number of nitrogens with zero attached hydrogens (tertiary/aromatic N) is 3. The minimum Gasteiger partial charge on any atom is -0.321 e. The zero-order valence-electron chi connectivity index (χ0n) is 10.6. The topological polar surface area (TPSA) is 83.6 Å². The Bertz CT molecular complexity index is 721. The Morgan fingerprint density at radius 3 is 2.95 bits per heavy atom. The van der Waals surface area contributed by atoms with Crippen LogP contribution in [0.2, 0.25) is 0 Å². The highest BCUT2D eigenvalue weighted by molar-refractivity contribution is 7.12. The Hall–Kier alpha value is -2.54. The van der Waals surface area contributed by atoms with Gasteiger partial charge in [0.05, 0.1) is 10.6 Å². The summed E-state index contributed by atoms with van der Waals surface area (Å²) in [6.07, 6.45) is 0. The van der Waals surface area contributed by atoms with E-state index in [-0.39, 0.29) is 5.91 Å². The van der Waals surface area contributed by atoms with Crippen molar-refractivity contribution < 1.29 is 4.79 Å². The molecule has 0 saturated carbocycles. The van der Waals surface area contributed by atoms with Crippen molar-refractivity contribution >= 4 is 22.9 Å². The first-order valence-electron chi connectivity index (χ1n) is 5.93. The molecule has 2 heterocycles. The Labute approximate surface area is 118 Å². The summed E-state index contributed by atoms with van der Waals surface area (Å²) in [5.74, 6) is 0.380. The number of aryl methyl sites for hydroxylation is 1. The van der Waals surface area contributed by atoms with Crippen LogP contribution >= 0.6 is 11.3 Å². The van der Waals surface area contributed by atoms with Crippen LogP contribution in [0.25, 0.3) is 11.4 Å². The second-order valence-corrected chi connectivity index (χ2v) is 5.18. The molecular weight excluding hydrogens is 274 g/mol. The first-order chi connectivity index (χ1) is 9.74. The van der Waals surface area contributed by atoms with Gasteiger partial charge >= 0.3 is 0 Å². The van der Waals surface area contributed by atoms with Crippen LogP contribution in [0.1, 0.15) is 15.2 Å². The lowest BCUT2D eigenvalue weighted by atomic mass is 10.1. The lowest BCUT2D eigenvalue weighted by Crippen LogP contribution is -2.11. The summed E-state index contributed by atoms with van der Waals surface area (Å²) in [5, 5.41) is 18.5. The van der Waals surface area contributed by atoms with Crippen molar-refractivity contribution in [2.75, 3.05) is 5.32 Å². The van der Waals surface area contributed by atoms with Crippen molar-refractivity contribution in [2.45, 2.75) is 6.92 Å². The third-order valence-corrected chi connectivity index (χ3v) is 3.64. The average Bonchev–Trinajstić information content (AvgIpc) is 3.12. The van der Waals surface area contributed by atoms with Crippen LogP contribution in [0.15, 0.2) is 35.7 Å². The smallest absolute Gasteiger partial charge is 0.265 e. The quantitative estimate of drug-likeness (QED) is 0.774. The first-order valence-corrected chi connectivity index (χ1v) is 6.81. The van der Waals surface area contributed by atoms with Crippen LogP contribution in [-0.4, -0.2) is 26.5 Å². The zero-order valence-corrected chi connectivity index (χ0v) is 11.4. The van der Waals surface area contributed by atoms with E-state index in [1.54, 1.807) is 6.07 Å². The molecule has 20 heavy (non-hydrogen) atoms. The number of aromatic nitrogens is 4. The fourth-order valence-corrected chi connectivity index (χ4v) is 2.45. The Morgan fingerprint density at radius 2 is 2.25 bits per heavy atom. The molecule has 1 aromatic carbocycles. The minimum atomic E-state index is -0.140. The molecule has 0 aliphatic rings. The molecule has 100 valence electrons. The van der Waals surface area contributed by atoms with E-state index < -0.39 is 0 Å². The molecule has 1 amide bonds. The highest BCUT2D eigenvalue weighted by Gasteiger charge is 2.13. The predicted octanol–water partition coefficient (Wildman–Crippen LogP) is 2.49. The van der Waals surface area contributed by atoms with Crippen molar-refractivity contribution in [1.29, 1.82) is 0 Å². The minimum absolute atomic E-state index is 0.140. The summed E-state index contributed by atoms with van der Waals surface area (Å²) in [4.78, 5) is 12.8. The van der Waals surface area contributed by atoms with Crippen molar-refractivity contribution in [3.63, 3.8) is 0 Å². The molecular formula is C13H11N5OS. The molecule has 0 fully saturated rings. The van der Waals surface area contributed by atoms with E-state index >= 15 is 0 Å². The van der Waals surface area contributed by atoms with Gasteiger partial charge in [-0.15, -0.1) is 16.4 Å². The summed E-state index contributed by atoms with van der Waals surface area (Å²) in [5.41, 5.74) is 2.48. The van der Waals surface area contributed by atoms with E-state index in [9.17, 15) is 4.79 Å². The van der Waals surface area contributed by atoms with Crippen LogP contribution in [0.4, 0.5) is 5.69 Å². The van der Waals surface area contributed by atoms with Crippen LogP contribution < -0.4 is 5.32 Å². The van der Waals surface area contributed by atoms with Gasteiger partial charge in [0, 0.05) is 5.56 Å². The molecule has 3 aromatic rings. The molecule has 0 unspecified atom stereocenters. The molecule has 0 bridgehead atoms. The maximum Gasteiger partial charge on any atom is 0.265 e. The molecule has 0 spiro atoms.